The highest BCUT2D eigenvalue weighted by Gasteiger charge is 2.17. The van der Waals surface area contributed by atoms with Gasteiger partial charge in [0.2, 0.25) is 0 Å². The maximum absolute atomic E-state index is 12.5. The number of nitrogens with one attached hydrogen (secondary N) is 1. The number of hydrogen-bond acceptors (Lipinski definition) is 2. The topological polar surface area (TPSA) is 21.3 Å². The van der Waals surface area contributed by atoms with Gasteiger partial charge in [0.15, 0.2) is 0 Å². The zero-order valence-electron chi connectivity index (χ0n) is 11.5. The van der Waals surface area contributed by atoms with Crippen LogP contribution in [-0.2, 0) is 6.42 Å². The van der Waals surface area contributed by atoms with E-state index < -0.39 is 6.61 Å². The molecule has 2 nitrogen and oxygen atoms in total. The van der Waals surface area contributed by atoms with E-state index >= 15 is 0 Å². The second-order valence-electron chi connectivity index (χ2n) is 4.59. The van der Waals surface area contributed by atoms with Gasteiger partial charge in [-0.05, 0) is 59.8 Å². The van der Waals surface area contributed by atoms with Gasteiger partial charge in [0.1, 0.15) is 5.75 Å². The van der Waals surface area contributed by atoms with Crippen molar-refractivity contribution in [2.24, 2.45) is 0 Å². The average molecular weight is 403 g/mol. The predicted octanol–water partition coefficient (Wildman–Crippen LogP) is 4.40. The van der Waals surface area contributed by atoms with Gasteiger partial charge in [0.25, 0.3) is 0 Å². The molecule has 1 atom stereocenters. The molecule has 0 aliphatic carbocycles. The summed E-state index contributed by atoms with van der Waals surface area (Å²) >= 11 is 2.25. The molecule has 0 heterocycles. The first-order valence-electron chi connectivity index (χ1n) is 6.55. The molecular formula is C16H16F2INO. The van der Waals surface area contributed by atoms with Crippen LogP contribution < -0.4 is 10.1 Å². The van der Waals surface area contributed by atoms with Crippen LogP contribution in [0.15, 0.2) is 48.5 Å². The minimum absolute atomic E-state index is 0.0833. The molecule has 0 saturated carbocycles. The summed E-state index contributed by atoms with van der Waals surface area (Å²) < 4.78 is 30.8. The largest absolute Gasteiger partial charge is 0.434 e. The zero-order valence-corrected chi connectivity index (χ0v) is 13.7. The first-order chi connectivity index (χ1) is 10.1. The molecule has 2 aromatic rings. The van der Waals surface area contributed by atoms with Crippen LogP contribution >= 0.6 is 22.6 Å². The number of hydrogen-bond donors (Lipinski definition) is 1. The molecular weight excluding hydrogens is 387 g/mol. The number of ether oxygens (including phenoxy) is 1. The maximum Gasteiger partial charge on any atom is 0.387 e. The molecule has 112 valence electrons. The van der Waals surface area contributed by atoms with Crippen LogP contribution in [0.25, 0.3) is 0 Å². The van der Waals surface area contributed by atoms with Gasteiger partial charge in [-0.3, -0.25) is 0 Å². The SMILES string of the molecule is CNC(Cc1ccc(I)cc1)c1ccccc1OC(F)F. The van der Waals surface area contributed by atoms with E-state index in [9.17, 15) is 8.78 Å². The first-order valence-corrected chi connectivity index (χ1v) is 7.63. The van der Waals surface area contributed by atoms with E-state index in [1.807, 2.05) is 43.4 Å². The highest BCUT2D eigenvalue weighted by atomic mass is 127. The lowest BCUT2D eigenvalue weighted by atomic mass is 9.98. The summed E-state index contributed by atoms with van der Waals surface area (Å²) in [5, 5.41) is 3.17. The van der Waals surface area contributed by atoms with Crippen molar-refractivity contribution in [2.75, 3.05) is 7.05 Å². The van der Waals surface area contributed by atoms with Crippen LogP contribution in [0, 0.1) is 3.57 Å². The zero-order chi connectivity index (χ0) is 15.2. The summed E-state index contributed by atoms with van der Waals surface area (Å²) in [5.41, 5.74) is 1.88. The molecule has 1 unspecified atom stereocenters. The summed E-state index contributed by atoms with van der Waals surface area (Å²) in [6, 6.07) is 15.0. The van der Waals surface area contributed by atoms with Crippen molar-refractivity contribution in [3.8, 4) is 5.75 Å². The Labute approximate surface area is 136 Å². The van der Waals surface area contributed by atoms with E-state index in [-0.39, 0.29) is 11.8 Å². The Bertz CT molecular complexity index is 575. The lowest BCUT2D eigenvalue weighted by Gasteiger charge is -2.20. The fourth-order valence-electron chi connectivity index (χ4n) is 2.20. The van der Waals surface area contributed by atoms with Gasteiger partial charge < -0.3 is 10.1 Å². The molecule has 0 aliphatic rings. The lowest BCUT2D eigenvalue weighted by molar-refractivity contribution is -0.0507. The molecule has 0 aromatic heterocycles. The smallest absolute Gasteiger partial charge is 0.387 e. The lowest BCUT2D eigenvalue weighted by Crippen LogP contribution is -2.20. The first kappa shape index (κ1) is 16.2. The van der Waals surface area contributed by atoms with Crippen molar-refractivity contribution in [1.82, 2.24) is 5.32 Å². The normalized spacial score (nSPS) is 12.4. The highest BCUT2D eigenvalue weighted by Crippen LogP contribution is 2.28. The third-order valence-electron chi connectivity index (χ3n) is 3.21. The second kappa shape index (κ2) is 7.70. The summed E-state index contributed by atoms with van der Waals surface area (Å²) in [4.78, 5) is 0. The number of likely N-dealkylation sites (N-methyl/N-ethyl adjacent to an activating group) is 1. The number of para-hydroxylation sites is 1. The van der Waals surface area contributed by atoms with Crippen LogP contribution in [0.1, 0.15) is 17.2 Å². The Hall–Kier alpha value is -1.21. The van der Waals surface area contributed by atoms with Gasteiger partial charge in [-0.1, -0.05) is 30.3 Å². The Kier molecular flexibility index (Phi) is 5.93. The van der Waals surface area contributed by atoms with Gasteiger partial charge in [-0.2, -0.15) is 8.78 Å². The summed E-state index contributed by atoms with van der Waals surface area (Å²) in [7, 11) is 1.82. The Balaban J connectivity index is 2.22. The third-order valence-corrected chi connectivity index (χ3v) is 3.93. The third kappa shape index (κ3) is 4.64. The molecule has 0 saturated heterocycles. The van der Waals surface area contributed by atoms with Crippen molar-refractivity contribution in [3.05, 3.63) is 63.2 Å². The van der Waals surface area contributed by atoms with Crippen LogP contribution in [-0.4, -0.2) is 13.7 Å². The summed E-state index contributed by atoms with van der Waals surface area (Å²) in [5.74, 6) is 0.220. The molecule has 21 heavy (non-hydrogen) atoms. The van der Waals surface area contributed by atoms with E-state index in [1.165, 1.54) is 3.57 Å². The van der Waals surface area contributed by atoms with Crippen molar-refractivity contribution < 1.29 is 13.5 Å². The molecule has 1 N–H and O–H groups in total. The molecule has 0 spiro atoms. The molecule has 2 aromatic carbocycles. The van der Waals surface area contributed by atoms with Gasteiger partial charge in [-0.25, -0.2) is 0 Å². The minimum Gasteiger partial charge on any atom is -0.434 e. The van der Waals surface area contributed by atoms with Gasteiger partial charge in [0, 0.05) is 15.2 Å². The van der Waals surface area contributed by atoms with Gasteiger partial charge in [0.05, 0.1) is 0 Å². The van der Waals surface area contributed by atoms with E-state index in [0.717, 1.165) is 11.1 Å². The maximum atomic E-state index is 12.5. The standard InChI is InChI=1S/C16H16F2INO/c1-20-14(10-11-6-8-12(19)9-7-11)13-4-2-3-5-15(13)21-16(17)18/h2-9,14,16,20H,10H2,1H3. The molecule has 0 fully saturated rings. The van der Waals surface area contributed by atoms with Crippen molar-refractivity contribution >= 4 is 22.6 Å². The number of alkyl halides is 2. The molecule has 0 radical (unpaired) electrons. The minimum atomic E-state index is -2.82. The molecule has 0 amide bonds. The van der Waals surface area contributed by atoms with Gasteiger partial charge in [-0.15, -0.1) is 0 Å². The molecule has 2 rings (SSSR count). The monoisotopic (exact) mass is 403 g/mol. The number of benzene rings is 2. The van der Waals surface area contributed by atoms with Crippen LogP contribution in [0.4, 0.5) is 8.78 Å². The summed E-state index contributed by atoms with van der Waals surface area (Å²) in [6.07, 6.45) is 0.705. The molecule has 5 heteroatoms. The average Bonchev–Trinajstić information content (AvgIpc) is 2.47. The molecule has 0 bridgehead atoms. The van der Waals surface area contributed by atoms with Crippen LogP contribution in [0.5, 0.6) is 5.75 Å². The van der Waals surface area contributed by atoms with Gasteiger partial charge >= 0.3 is 6.61 Å². The second-order valence-corrected chi connectivity index (χ2v) is 5.83. The fraction of sp³-hybridized carbons (Fsp3) is 0.250. The van der Waals surface area contributed by atoms with Crippen molar-refractivity contribution in [3.63, 3.8) is 0 Å². The van der Waals surface area contributed by atoms with E-state index in [2.05, 4.69) is 32.6 Å². The summed E-state index contributed by atoms with van der Waals surface area (Å²) in [6.45, 7) is -2.82. The highest BCUT2D eigenvalue weighted by molar-refractivity contribution is 14.1. The fourth-order valence-corrected chi connectivity index (χ4v) is 2.56. The van der Waals surface area contributed by atoms with E-state index in [1.54, 1.807) is 12.1 Å². The number of halogens is 3. The van der Waals surface area contributed by atoms with Crippen molar-refractivity contribution in [2.45, 2.75) is 19.1 Å². The predicted molar refractivity (Wildman–Crippen MR) is 87.7 cm³/mol. The van der Waals surface area contributed by atoms with E-state index in [4.69, 9.17) is 0 Å². The Morgan fingerprint density at radius 2 is 1.76 bits per heavy atom. The Morgan fingerprint density at radius 3 is 2.38 bits per heavy atom. The number of rotatable bonds is 6. The van der Waals surface area contributed by atoms with E-state index in [0.29, 0.717) is 6.42 Å². The quantitative estimate of drug-likeness (QED) is 0.723. The molecule has 0 aliphatic heterocycles. The van der Waals surface area contributed by atoms with Crippen molar-refractivity contribution in [1.29, 1.82) is 0 Å². The van der Waals surface area contributed by atoms with Crippen LogP contribution in [0.3, 0.4) is 0 Å². The Morgan fingerprint density at radius 1 is 1.10 bits per heavy atom. The van der Waals surface area contributed by atoms with Crippen LogP contribution in [0.2, 0.25) is 0 Å².